The van der Waals surface area contributed by atoms with Gasteiger partial charge in [0.05, 0.1) is 7.11 Å². The number of halogens is 1. The van der Waals surface area contributed by atoms with Gasteiger partial charge in [-0.3, -0.25) is 4.79 Å². The van der Waals surface area contributed by atoms with Crippen molar-refractivity contribution in [1.82, 2.24) is 19.4 Å². The van der Waals surface area contributed by atoms with E-state index in [0.717, 1.165) is 23.4 Å². The summed E-state index contributed by atoms with van der Waals surface area (Å²) in [5.74, 6) is 0.491. The molecule has 0 N–H and O–H groups in total. The molecule has 0 bridgehead atoms. The smallest absolute Gasteiger partial charge is 0.253 e. The number of hydrogen-bond acceptors (Lipinski definition) is 4. The molecule has 0 aliphatic carbocycles. The minimum absolute atomic E-state index is 0.132. The number of carbonyl (C=O) groups excluding carboxylic acids is 1. The Morgan fingerprint density at radius 3 is 2.92 bits per heavy atom. The molecule has 26 heavy (non-hydrogen) atoms. The molecule has 4 rings (SSSR count). The first-order valence-corrected chi connectivity index (χ1v) is 8.48. The van der Waals surface area contributed by atoms with Gasteiger partial charge in [0.25, 0.3) is 5.91 Å². The molecule has 6 nitrogen and oxygen atoms in total. The molecule has 0 radical (unpaired) electrons. The molecule has 3 aromatic rings. The van der Waals surface area contributed by atoms with Crippen LogP contribution >= 0.6 is 0 Å². The lowest BCUT2D eigenvalue weighted by Crippen LogP contribution is -2.28. The first kappa shape index (κ1) is 16.5. The van der Waals surface area contributed by atoms with Crippen molar-refractivity contribution in [3.05, 3.63) is 53.7 Å². The Hall–Kier alpha value is -2.96. The number of hydrogen-bond donors (Lipinski definition) is 0. The van der Waals surface area contributed by atoms with Crippen molar-refractivity contribution in [3.63, 3.8) is 0 Å². The molecule has 1 atom stereocenters. The summed E-state index contributed by atoms with van der Waals surface area (Å²) in [5, 5.41) is 0. The number of imidazole rings is 1. The van der Waals surface area contributed by atoms with Crippen LogP contribution in [-0.4, -0.2) is 45.5 Å². The lowest BCUT2D eigenvalue weighted by molar-refractivity contribution is 0.0790. The first-order valence-electron chi connectivity index (χ1n) is 8.48. The number of carbonyl (C=O) groups is 1. The standard InChI is InChI=1S/C19H19FN4O2/c1-23-17(22-15-4-3-8-21-18(15)23)13-7-9-24(11-13)19(25)12-5-6-16(26-2)14(20)10-12/h3-6,8,10,13H,7,9,11H2,1-2H3/t13-/m0/s1. The van der Waals surface area contributed by atoms with Gasteiger partial charge in [-0.1, -0.05) is 0 Å². The molecule has 3 heterocycles. The number of nitrogens with zero attached hydrogens (tertiary/aromatic N) is 4. The highest BCUT2D eigenvalue weighted by Crippen LogP contribution is 2.29. The molecule has 0 spiro atoms. The number of ether oxygens (including phenoxy) is 1. The van der Waals surface area contributed by atoms with Gasteiger partial charge < -0.3 is 14.2 Å². The van der Waals surface area contributed by atoms with E-state index in [1.807, 2.05) is 23.7 Å². The van der Waals surface area contributed by atoms with Crippen molar-refractivity contribution in [2.45, 2.75) is 12.3 Å². The Balaban J connectivity index is 1.55. The van der Waals surface area contributed by atoms with Crippen LogP contribution in [-0.2, 0) is 7.05 Å². The highest BCUT2D eigenvalue weighted by atomic mass is 19.1. The summed E-state index contributed by atoms with van der Waals surface area (Å²) in [7, 11) is 3.34. The maximum Gasteiger partial charge on any atom is 0.253 e. The van der Waals surface area contributed by atoms with Crippen LogP contribution in [0.2, 0.25) is 0 Å². The van der Waals surface area contributed by atoms with E-state index < -0.39 is 5.82 Å². The number of rotatable bonds is 3. The van der Waals surface area contributed by atoms with Crippen LogP contribution < -0.4 is 4.74 Å². The molecule has 1 fully saturated rings. The van der Waals surface area contributed by atoms with Gasteiger partial charge in [-0.25, -0.2) is 14.4 Å². The number of pyridine rings is 1. The first-order chi connectivity index (χ1) is 12.6. The minimum Gasteiger partial charge on any atom is -0.494 e. The highest BCUT2D eigenvalue weighted by molar-refractivity contribution is 5.94. The summed E-state index contributed by atoms with van der Waals surface area (Å²) in [6, 6.07) is 8.10. The molecule has 0 unspecified atom stereocenters. The molecule has 2 aromatic heterocycles. The second kappa shape index (κ2) is 6.40. The fourth-order valence-electron chi connectivity index (χ4n) is 3.54. The molecule has 1 aromatic carbocycles. The molecular formula is C19H19FN4O2. The topological polar surface area (TPSA) is 60.2 Å². The van der Waals surface area contributed by atoms with Crippen molar-refractivity contribution in [2.24, 2.45) is 7.05 Å². The van der Waals surface area contributed by atoms with Gasteiger partial charge >= 0.3 is 0 Å². The molecule has 134 valence electrons. The summed E-state index contributed by atoms with van der Waals surface area (Å²) >= 11 is 0. The average Bonchev–Trinajstić information content (AvgIpc) is 3.26. The van der Waals surface area contributed by atoms with Crippen molar-refractivity contribution >= 4 is 17.1 Å². The second-order valence-corrected chi connectivity index (χ2v) is 6.46. The average molecular weight is 354 g/mol. The summed E-state index contributed by atoms with van der Waals surface area (Å²) in [5.41, 5.74) is 2.02. The Labute approximate surface area is 150 Å². The number of amides is 1. The number of likely N-dealkylation sites (tertiary alicyclic amines) is 1. The fourth-order valence-corrected chi connectivity index (χ4v) is 3.54. The van der Waals surface area contributed by atoms with E-state index in [1.165, 1.54) is 19.2 Å². The van der Waals surface area contributed by atoms with E-state index in [-0.39, 0.29) is 17.6 Å². The third kappa shape index (κ3) is 2.69. The molecule has 1 saturated heterocycles. The van der Waals surface area contributed by atoms with Crippen LogP contribution in [0.15, 0.2) is 36.5 Å². The van der Waals surface area contributed by atoms with Crippen LogP contribution in [0.3, 0.4) is 0 Å². The fraction of sp³-hybridized carbons (Fsp3) is 0.316. The maximum absolute atomic E-state index is 13.9. The lowest BCUT2D eigenvalue weighted by atomic mass is 10.1. The van der Waals surface area contributed by atoms with Crippen LogP contribution in [0, 0.1) is 5.82 Å². The van der Waals surface area contributed by atoms with E-state index in [4.69, 9.17) is 4.74 Å². The molecular weight excluding hydrogens is 335 g/mol. The predicted octanol–water partition coefficient (Wildman–Crippen LogP) is 2.75. The van der Waals surface area contributed by atoms with E-state index in [2.05, 4.69) is 9.97 Å². The van der Waals surface area contributed by atoms with Gasteiger partial charge in [0.15, 0.2) is 17.2 Å². The summed E-state index contributed by atoms with van der Waals surface area (Å²) in [4.78, 5) is 23.5. The van der Waals surface area contributed by atoms with Crippen molar-refractivity contribution in [1.29, 1.82) is 0 Å². The predicted molar refractivity (Wildman–Crippen MR) is 94.7 cm³/mol. The summed E-state index contributed by atoms with van der Waals surface area (Å²) in [6.07, 6.45) is 2.57. The number of aromatic nitrogens is 3. The number of methoxy groups -OCH3 is 1. The van der Waals surface area contributed by atoms with Gasteiger partial charge in [0.2, 0.25) is 0 Å². The Kier molecular flexibility index (Phi) is 4.06. The summed E-state index contributed by atoms with van der Waals surface area (Å²) in [6.45, 7) is 1.18. The highest BCUT2D eigenvalue weighted by Gasteiger charge is 2.31. The Morgan fingerprint density at radius 2 is 2.19 bits per heavy atom. The number of benzene rings is 1. The van der Waals surface area contributed by atoms with Gasteiger partial charge in [-0.15, -0.1) is 0 Å². The zero-order valence-electron chi connectivity index (χ0n) is 14.6. The van der Waals surface area contributed by atoms with Crippen molar-refractivity contribution in [2.75, 3.05) is 20.2 Å². The minimum atomic E-state index is -0.532. The largest absolute Gasteiger partial charge is 0.494 e. The zero-order valence-corrected chi connectivity index (χ0v) is 14.6. The van der Waals surface area contributed by atoms with E-state index in [9.17, 15) is 9.18 Å². The SMILES string of the molecule is COc1ccc(C(=O)N2CC[C@H](c3nc4cccnc4n3C)C2)cc1F. The van der Waals surface area contributed by atoms with Gasteiger partial charge in [0.1, 0.15) is 11.3 Å². The third-order valence-corrected chi connectivity index (χ3v) is 4.90. The van der Waals surface area contributed by atoms with Gasteiger partial charge in [-0.2, -0.15) is 0 Å². The lowest BCUT2D eigenvalue weighted by Gasteiger charge is -2.17. The molecule has 1 aliphatic heterocycles. The monoisotopic (exact) mass is 354 g/mol. The van der Waals surface area contributed by atoms with Gasteiger partial charge in [-0.05, 0) is 36.8 Å². The number of fused-ring (bicyclic) bond motifs is 1. The van der Waals surface area contributed by atoms with Crippen molar-refractivity contribution in [3.8, 4) is 5.75 Å². The summed E-state index contributed by atoms with van der Waals surface area (Å²) < 4.78 is 20.8. The van der Waals surface area contributed by atoms with Crippen LogP contribution in [0.5, 0.6) is 5.75 Å². The van der Waals surface area contributed by atoms with E-state index in [1.54, 1.807) is 17.2 Å². The molecule has 1 amide bonds. The molecule has 0 saturated carbocycles. The maximum atomic E-state index is 13.9. The molecule has 1 aliphatic rings. The molecule has 7 heteroatoms. The number of aryl methyl sites for hydroxylation is 1. The van der Waals surface area contributed by atoms with Crippen molar-refractivity contribution < 1.29 is 13.9 Å². The van der Waals surface area contributed by atoms with Crippen LogP contribution in [0.4, 0.5) is 4.39 Å². The quantitative estimate of drug-likeness (QED) is 0.726. The Morgan fingerprint density at radius 1 is 1.35 bits per heavy atom. The van der Waals surface area contributed by atoms with E-state index >= 15 is 0 Å². The van der Waals surface area contributed by atoms with Crippen LogP contribution in [0.25, 0.3) is 11.2 Å². The second-order valence-electron chi connectivity index (χ2n) is 6.46. The zero-order chi connectivity index (χ0) is 18.3. The van der Waals surface area contributed by atoms with E-state index in [0.29, 0.717) is 18.7 Å². The Bertz CT molecular complexity index is 985. The normalized spacial score (nSPS) is 17.0. The third-order valence-electron chi connectivity index (χ3n) is 4.90. The van der Waals surface area contributed by atoms with Crippen LogP contribution in [0.1, 0.15) is 28.5 Å². The van der Waals surface area contributed by atoms with Gasteiger partial charge in [0, 0.05) is 37.8 Å².